The molecule has 18 heavy (non-hydrogen) atoms. The van der Waals surface area contributed by atoms with Crippen LogP contribution in [0.3, 0.4) is 0 Å². The van der Waals surface area contributed by atoms with Gasteiger partial charge in [0.2, 0.25) is 6.54 Å². The first kappa shape index (κ1) is 12.5. The highest BCUT2D eigenvalue weighted by Gasteiger charge is 2.27. The number of benzene rings is 1. The number of aromatic nitrogens is 1. The van der Waals surface area contributed by atoms with Gasteiger partial charge in [-0.2, -0.15) is 0 Å². The molecule has 0 aliphatic carbocycles. The van der Waals surface area contributed by atoms with E-state index in [1.165, 1.54) is 6.20 Å². The Bertz CT molecular complexity index is 691. The largest absolute Gasteiger partial charge is 0.747 e. The van der Waals surface area contributed by atoms with Crippen molar-refractivity contribution in [3.8, 4) is 0 Å². The molecule has 0 aliphatic heterocycles. The summed E-state index contributed by atoms with van der Waals surface area (Å²) in [5.41, 5.74) is 0.766. The molecule has 0 bridgehead atoms. The number of para-hydroxylation sites is 1. The smallest absolute Gasteiger partial charge is 0.223 e. The van der Waals surface area contributed by atoms with E-state index in [2.05, 4.69) is 4.98 Å². The van der Waals surface area contributed by atoms with E-state index in [0.717, 1.165) is 0 Å². The lowest BCUT2D eigenvalue weighted by Crippen LogP contribution is -2.21. The van der Waals surface area contributed by atoms with E-state index in [4.69, 9.17) is 0 Å². The molecule has 0 unspecified atom stereocenters. The SMILES string of the molecule is O=[N+]([O-])C[C@@H](c1c[nH]c2ccccc12)S(=O)(=O)[O-]. The van der Waals surface area contributed by atoms with Gasteiger partial charge in [0.25, 0.3) is 0 Å². The molecule has 0 saturated heterocycles. The fraction of sp³-hybridized carbons (Fsp3) is 0.200. The molecule has 0 fully saturated rings. The molecule has 1 aromatic heterocycles. The minimum Gasteiger partial charge on any atom is -0.747 e. The van der Waals surface area contributed by atoms with Crippen molar-refractivity contribution in [1.29, 1.82) is 0 Å². The number of fused-ring (bicyclic) bond motifs is 1. The predicted molar refractivity (Wildman–Crippen MR) is 62.6 cm³/mol. The minimum atomic E-state index is -4.79. The van der Waals surface area contributed by atoms with Crippen LogP contribution in [0.5, 0.6) is 0 Å². The first-order chi connectivity index (χ1) is 8.39. The molecule has 1 N–H and O–H groups in total. The maximum absolute atomic E-state index is 11.1. The van der Waals surface area contributed by atoms with Crippen LogP contribution >= 0.6 is 0 Å². The number of aromatic amines is 1. The summed E-state index contributed by atoms with van der Waals surface area (Å²) in [5.74, 6) is 0. The van der Waals surface area contributed by atoms with Crippen molar-refractivity contribution < 1.29 is 17.9 Å². The molecular weight excluding hydrogens is 260 g/mol. The predicted octanol–water partition coefficient (Wildman–Crippen LogP) is 1.03. The Morgan fingerprint density at radius 3 is 2.61 bits per heavy atom. The first-order valence-electron chi connectivity index (χ1n) is 5.02. The van der Waals surface area contributed by atoms with Crippen molar-refractivity contribution in [3.05, 3.63) is 46.1 Å². The Morgan fingerprint density at radius 1 is 1.33 bits per heavy atom. The Morgan fingerprint density at radius 2 is 2.00 bits per heavy atom. The molecule has 1 heterocycles. The van der Waals surface area contributed by atoms with Gasteiger partial charge in [-0.3, -0.25) is 10.1 Å². The number of nitrogens with zero attached hydrogens (tertiary/aromatic N) is 1. The third-order valence-corrected chi connectivity index (χ3v) is 3.73. The number of hydrogen-bond donors (Lipinski definition) is 1. The van der Waals surface area contributed by atoms with Crippen LogP contribution < -0.4 is 0 Å². The molecular formula is C10H9N2O5S-. The van der Waals surface area contributed by atoms with E-state index < -0.39 is 26.8 Å². The lowest BCUT2D eigenvalue weighted by Gasteiger charge is -2.16. The van der Waals surface area contributed by atoms with Gasteiger partial charge in [0.05, 0.1) is 0 Å². The summed E-state index contributed by atoms with van der Waals surface area (Å²) in [6, 6.07) is 6.70. The van der Waals surface area contributed by atoms with Crippen molar-refractivity contribution >= 4 is 21.0 Å². The summed E-state index contributed by atoms with van der Waals surface area (Å²) in [4.78, 5) is 12.5. The lowest BCUT2D eigenvalue weighted by molar-refractivity contribution is -0.480. The number of hydrogen-bond acceptors (Lipinski definition) is 5. The van der Waals surface area contributed by atoms with Crippen LogP contribution in [0.4, 0.5) is 0 Å². The summed E-state index contributed by atoms with van der Waals surface area (Å²) < 4.78 is 33.4. The number of H-pyrrole nitrogens is 1. The van der Waals surface area contributed by atoms with E-state index >= 15 is 0 Å². The van der Waals surface area contributed by atoms with Gasteiger partial charge in [-0.1, -0.05) is 18.2 Å². The van der Waals surface area contributed by atoms with Crippen LogP contribution in [0.15, 0.2) is 30.5 Å². The first-order valence-corrected chi connectivity index (χ1v) is 6.49. The number of nitrogens with one attached hydrogen (secondary N) is 1. The Labute approximate surface area is 102 Å². The van der Waals surface area contributed by atoms with E-state index in [9.17, 15) is 23.1 Å². The molecule has 96 valence electrons. The summed E-state index contributed by atoms with van der Waals surface area (Å²) in [5, 5.41) is 9.31. The fourth-order valence-corrected chi connectivity index (χ4v) is 2.65. The summed E-state index contributed by atoms with van der Waals surface area (Å²) in [7, 11) is -4.79. The van der Waals surface area contributed by atoms with Gasteiger partial charge in [-0.05, 0) is 6.07 Å². The zero-order chi connectivity index (χ0) is 13.3. The van der Waals surface area contributed by atoms with Crippen LogP contribution in [0.1, 0.15) is 10.8 Å². The van der Waals surface area contributed by atoms with Gasteiger partial charge in [-0.15, -0.1) is 0 Å². The summed E-state index contributed by atoms with van der Waals surface area (Å²) >= 11 is 0. The molecule has 8 heteroatoms. The Balaban J connectivity index is 2.58. The summed E-state index contributed by atoms with van der Waals surface area (Å²) in [6.45, 7) is -0.937. The van der Waals surface area contributed by atoms with Crippen molar-refractivity contribution in [2.45, 2.75) is 5.25 Å². The average molecular weight is 269 g/mol. The second-order valence-corrected chi connectivity index (χ2v) is 5.34. The Kier molecular flexibility index (Phi) is 3.05. The molecule has 2 aromatic rings. The fourth-order valence-electron chi connectivity index (χ4n) is 1.84. The van der Waals surface area contributed by atoms with Crippen LogP contribution in [0.25, 0.3) is 10.9 Å². The highest BCUT2D eigenvalue weighted by Crippen LogP contribution is 2.28. The molecule has 1 atom stereocenters. The standard InChI is InChI=1S/C10H10N2O5S/c13-12(14)6-10(18(15,16)17)8-5-11-9-4-2-1-3-7(8)9/h1-5,10-11H,6H2,(H,15,16,17)/p-1/t10-/m0/s1. The van der Waals surface area contributed by atoms with Gasteiger partial charge >= 0.3 is 0 Å². The van der Waals surface area contributed by atoms with Crippen molar-refractivity contribution in [1.82, 2.24) is 4.98 Å². The van der Waals surface area contributed by atoms with E-state index in [1.54, 1.807) is 24.3 Å². The van der Waals surface area contributed by atoms with Gasteiger partial charge in [0, 0.05) is 27.6 Å². The maximum Gasteiger partial charge on any atom is 0.223 e. The van der Waals surface area contributed by atoms with Gasteiger partial charge in [0.1, 0.15) is 15.4 Å². The highest BCUT2D eigenvalue weighted by molar-refractivity contribution is 7.86. The zero-order valence-corrected chi connectivity index (χ0v) is 9.88. The second-order valence-electron chi connectivity index (χ2n) is 3.79. The third-order valence-electron chi connectivity index (χ3n) is 2.63. The van der Waals surface area contributed by atoms with Crippen LogP contribution in [-0.2, 0) is 10.1 Å². The molecule has 0 radical (unpaired) electrons. The highest BCUT2D eigenvalue weighted by atomic mass is 32.2. The molecule has 0 saturated carbocycles. The van der Waals surface area contributed by atoms with E-state index in [-0.39, 0.29) is 5.56 Å². The number of nitro groups is 1. The quantitative estimate of drug-likeness (QED) is 0.505. The average Bonchev–Trinajstić information content (AvgIpc) is 2.67. The molecule has 2 rings (SSSR count). The molecule has 1 aromatic carbocycles. The maximum atomic E-state index is 11.1. The summed E-state index contributed by atoms with van der Waals surface area (Å²) in [6.07, 6.45) is 1.33. The molecule has 0 amide bonds. The van der Waals surface area contributed by atoms with Crippen molar-refractivity contribution in [2.24, 2.45) is 0 Å². The van der Waals surface area contributed by atoms with E-state index in [0.29, 0.717) is 10.9 Å². The zero-order valence-electron chi connectivity index (χ0n) is 9.07. The van der Waals surface area contributed by atoms with Gasteiger partial charge in [-0.25, -0.2) is 8.42 Å². The van der Waals surface area contributed by atoms with Crippen LogP contribution in [0, 0.1) is 10.1 Å². The van der Waals surface area contributed by atoms with Crippen molar-refractivity contribution in [3.63, 3.8) is 0 Å². The van der Waals surface area contributed by atoms with E-state index in [1.807, 2.05) is 0 Å². The van der Waals surface area contributed by atoms with Gasteiger partial charge in [0.15, 0.2) is 0 Å². The van der Waals surface area contributed by atoms with Crippen LogP contribution in [0.2, 0.25) is 0 Å². The van der Waals surface area contributed by atoms with Gasteiger partial charge < -0.3 is 9.54 Å². The minimum absolute atomic E-state index is 0.136. The van der Waals surface area contributed by atoms with Crippen molar-refractivity contribution in [2.75, 3.05) is 6.54 Å². The molecule has 7 nitrogen and oxygen atoms in total. The lowest BCUT2D eigenvalue weighted by atomic mass is 10.1. The monoisotopic (exact) mass is 269 g/mol. The molecule has 0 aliphatic rings. The third kappa shape index (κ3) is 2.34. The second kappa shape index (κ2) is 4.39. The topological polar surface area (TPSA) is 116 Å². The normalized spacial score (nSPS) is 13.6. The van der Waals surface area contributed by atoms with Crippen LogP contribution in [-0.4, -0.2) is 29.4 Å². The number of rotatable bonds is 4. The Hall–Kier alpha value is -1.93. The molecule has 0 spiro atoms.